The van der Waals surface area contributed by atoms with Crippen LogP contribution < -0.4 is 30.0 Å². The molecule has 2 atom stereocenters. The number of hydrogen-bond acceptors (Lipinski definition) is 8. The third-order valence-corrected chi connectivity index (χ3v) is 5.14. The van der Waals surface area contributed by atoms with Crippen LogP contribution in [0, 0.1) is 0 Å². The number of benzene rings is 2. The Morgan fingerprint density at radius 1 is 0.939 bits per heavy atom. The van der Waals surface area contributed by atoms with Crippen LogP contribution >= 0.6 is 0 Å². The van der Waals surface area contributed by atoms with Gasteiger partial charge in [0.2, 0.25) is 5.75 Å². The van der Waals surface area contributed by atoms with Crippen LogP contribution in [0.2, 0.25) is 0 Å². The predicted octanol–water partition coefficient (Wildman–Crippen LogP) is 1.10. The van der Waals surface area contributed by atoms with Crippen molar-refractivity contribution in [2.24, 2.45) is 0 Å². The summed E-state index contributed by atoms with van der Waals surface area (Å²) in [5, 5.41) is 23.7. The predicted molar refractivity (Wildman–Crippen MR) is 120 cm³/mol. The Morgan fingerprint density at radius 2 is 1.52 bits per heavy atom. The number of hydrogen-bond donors (Lipinski definition) is 4. The number of aromatic nitrogens is 3. The standard InChI is InChI=1S/C22H27N5O6/c1-11(28)18(23)22(29)24-14-8-12(6-7-15(14)30-2)19-20(26-27-25-19)13-9-16(31-3)21(33-5)17(10-13)32-4/h6-11,18,28H,23H2,1-5H3,(H,24,29)(H,25,26,27)/p+1. The second-order valence-corrected chi connectivity index (χ2v) is 7.19. The number of quaternary nitrogens is 1. The summed E-state index contributed by atoms with van der Waals surface area (Å²) in [4.78, 5) is 12.4. The number of amides is 1. The summed E-state index contributed by atoms with van der Waals surface area (Å²) in [5.41, 5.74) is 6.53. The van der Waals surface area contributed by atoms with E-state index in [1.165, 1.54) is 35.4 Å². The summed E-state index contributed by atoms with van der Waals surface area (Å²) in [6.45, 7) is 1.50. The molecule has 0 radical (unpaired) electrons. The smallest absolute Gasteiger partial charge is 0.285 e. The van der Waals surface area contributed by atoms with Gasteiger partial charge in [0.15, 0.2) is 17.5 Å². The third kappa shape index (κ3) is 4.83. The monoisotopic (exact) mass is 458 g/mol. The van der Waals surface area contributed by atoms with E-state index < -0.39 is 18.1 Å². The first kappa shape index (κ1) is 23.8. The van der Waals surface area contributed by atoms with Crippen molar-refractivity contribution in [2.75, 3.05) is 33.8 Å². The van der Waals surface area contributed by atoms with Crippen LogP contribution in [-0.4, -0.2) is 67.0 Å². The van der Waals surface area contributed by atoms with Crippen molar-refractivity contribution in [2.45, 2.75) is 19.1 Å². The molecule has 0 bridgehead atoms. The Morgan fingerprint density at radius 3 is 2.03 bits per heavy atom. The van der Waals surface area contributed by atoms with Gasteiger partial charge in [-0.2, -0.15) is 15.4 Å². The molecule has 11 heteroatoms. The number of aliphatic hydroxyl groups excluding tert-OH is 1. The number of aromatic amines is 1. The van der Waals surface area contributed by atoms with Gasteiger partial charge in [-0.15, -0.1) is 0 Å². The van der Waals surface area contributed by atoms with Gasteiger partial charge >= 0.3 is 0 Å². The van der Waals surface area contributed by atoms with E-state index in [9.17, 15) is 9.90 Å². The summed E-state index contributed by atoms with van der Waals surface area (Å²) >= 11 is 0. The number of carbonyl (C=O) groups is 1. The summed E-state index contributed by atoms with van der Waals surface area (Å²) in [5.74, 6) is 1.42. The van der Waals surface area contributed by atoms with Crippen molar-refractivity contribution >= 4 is 11.6 Å². The van der Waals surface area contributed by atoms with Crippen LogP contribution in [0.1, 0.15) is 6.92 Å². The second kappa shape index (κ2) is 10.2. The fourth-order valence-electron chi connectivity index (χ4n) is 3.25. The van der Waals surface area contributed by atoms with Crippen molar-refractivity contribution in [3.05, 3.63) is 30.3 Å². The molecule has 2 aromatic carbocycles. The molecule has 6 N–H and O–H groups in total. The highest BCUT2D eigenvalue weighted by atomic mass is 16.5. The van der Waals surface area contributed by atoms with Crippen molar-refractivity contribution in [3.63, 3.8) is 0 Å². The zero-order valence-corrected chi connectivity index (χ0v) is 19.1. The molecule has 0 fully saturated rings. The molecule has 0 aliphatic rings. The number of aliphatic hydroxyl groups is 1. The highest BCUT2D eigenvalue weighted by Crippen LogP contribution is 2.42. The quantitative estimate of drug-likeness (QED) is 0.371. The molecule has 1 amide bonds. The van der Waals surface area contributed by atoms with E-state index in [0.29, 0.717) is 51.2 Å². The average molecular weight is 458 g/mol. The molecule has 0 saturated heterocycles. The third-order valence-electron chi connectivity index (χ3n) is 5.14. The number of H-pyrrole nitrogens is 1. The van der Waals surface area contributed by atoms with Crippen LogP contribution in [0.15, 0.2) is 30.3 Å². The molecule has 0 saturated carbocycles. The number of rotatable bonds is 9. The van der Waals surface area contributed by atoms with Crippen molar-refractivity contribution in [3.8, 4) is 45.5 Å². The molecule has 176 valence electrons. The topological polar surface area (TPSA) is 155 Å². The van der Waals surface area contributed by atoms with E-state index in [0.717, 1.165) is 0 Å². The molecule has 0 aliphatic heterocycles. The first-order chi connectivity index (χ1) is 15.8. The molecule has 1 aromatic heterocycles. The maximum Gasteiger partial charge on any atom is 0.285 e. The molecule has 11 nitrogen and oxygen atoms in total. The van der Waals surface area contributed by atoms with Gasteiger partial charge in [-0.05, 0) is 37.3 Å². The lowest BCUT2D eigenvalue weighted by Crippen LogP contribution is -2.70. The van der Waals surface area contributed by atoms with E-state index in [2.05, 4.69) is 26.5 Å². The lowest BCUT2D eigenvalue weighted by molar-refractivity contribution is -0.418. The Hall–Kier alpha value is -3.83. The number of nitrogens with one attached hydrogen (secondary N) is 2. The minimum absolute atomic E-state index is 0.410. The Kier molecular flexibility index (Phi) is 7.36. The number of ether oxygens (including phenoxy) is 4. The fraction of sp³-hybridized carbons (Fsp3) is 0.318. The summed E-state index contributed by atoms with van der Waals surface area (Å²) in [7, 11) is 6.10. The largest absolute Gasteiger partial charge is 0.495 e. The van der Waals surface area contributed by atoms with Gasteiger partial charge < -0.3 is 35.1 Å². The van der Waals surface area contributed by atoms with E-state index in [-0.39, 0.29) is 0 Å². The molecule has 0 spiro atoms. The zero-order chi connectivity index (χ0) is 24.1. The Bertz CT molecular complexity index is 1110. The molecule has 1 heterocycles. The van der Waals surface area contributed by atoms with Crippen LogP contribution in [0.4, 0.5) is 5.69 Å². The van der Waals surface area contributed by atoms with Gasteiger partial charge in [-0.3, -0.25) is 4.79 Å². The molecule has 2 unspecified atom stereocenters. The van der Waals surface area contributed by atoms with E-state index in [1.54, 1.807) is 30.3 Å². The van der Waals surface area contributed by atoms with Gasteiger partial charge in [0.1, 0.15) is 23.2 Å². The molecule has 33 heavy (non-hydrogen) atoms. The van der Waals surface area contributed by atoms with Gasteiger partial charge in [0, 0.05) is 11.1 Å². The highest BCUT2D eigenvalue weighted by Gasteiger charge is 2.25. The number of anilines is 1. The van der Waals surface area contributed by atoms with Crippen molar-refractivity contribution in [1.82, 2.24) is 15.4 Å². The van der Waals surface area contributed by atoms with Crippen LogP contribution in [0.3, 0.4) is 0 Å². The molecule has 3 rings (SSSR count). The fourth-order valence-corrected chi connectivity index (χ4v) is 3.25. The number of methoxy groups -OCH3 is 4. The van der Waals surface area contributed by atoms with E-state index in [1.807, 2.05) is 0 Å². The number of nitrogens with zero attached hydrogens (tertiary/aromatic N) is 2. The first-order valence-corrected chi connectivity index (χ1v) is 10.1. The van der Waals surface area contributed by atoms with Gasteiger partial charge in [-0.1, -0.05) is 0 Å². The van der Waals surface area contributed by atoms with Crippen LogP contribution in [0.5, 0.6) is 23.0 Å². The average Bonchev–Trinajstić information content (AvgIpc) is 3.32. The SMILES string of the molecule is COc1ccc(-c2n[nH]nc2-c2cc(OC)c(OC)c(OC)c2)cc1NC(=O)C([NH3+])C(C)O. The summed E-state index contributed by atoms with van der Waals surface area (Å²) in [6, 6.07) is 7.91. The summed E-state index contributed by atoms with van der Waals surface area (Å²) in [6.07, 6.45) is -0.902. The van der Waals surface area contributed by atoms with Crippen molar-refractivity contribution in [1.29, 1.82) is 0 Å². The lowest BCUT2D eigenvalue weighted by atomic mass is 10.0. The Balaban J connectivity index is 2.06. The van der Waals surface area contributed by atoms with E-state index in [4.69, 9.17) is 18.9 Å². The zero-order valence-electron chi connectivity index (χ0n) is 19.1. The first-order valence-electron chi connectivity index (χ1n) is 10.1. The van der Waals surface area contributed by atoms with Gasteiger partial charge in [0.05, 0.1) is 34.1 Å². The molecular formula is C22H28N5O6+. The molecule has 3 aromatic rings. The lowest BCUT2D eigenvalue weighted by Gasteiger charge is -2.15. The minimum Gasteiger partial charge on any atom is -0.495 e. The van der Waals surface area contributed by atoms with Crippen molar-refractivity contribution < 1.29 is 34.6 Å². The second-order valence-electron chi connectivity index (χ2n) is 7.19. The normalized spacial score (nSPS) is 12.6. The van der Waals surface area contributed by atoms with Gasteiger partial charge in [-0.25, -0.2) is 0 Å². The maximum atomic E-state index is 12.4. The van der Waals surface area contributed by atoms with E-state index >= 15 is 0 Å². The van der Waals surface area contributed by atoms with Crippen LogP contribution in [-0.2, 0) is 4.79 Å². The van der Waals surface area contributed by atoms with Gasteiger partial charge in [0.25, 0.3) is 5.91 Å². The Labute approximate surface area is 190 Å². The molecule has 0 aliphatic carbocycles. The minimum atomic E-state index is -0.902. The molecular weight excluding hydrogens is 430 g/mol. The maximum absolute atomic E-state index is 12.4. The van der Waals surface area contributed by atoms with Crippen LogP contribution in [0.25, 0.3) is 22.5 Å². The number of carbonyl (C=O) groups excluding carboxylic acids is 1. The summed E-state index contributed by atoms with van der Waals surface area (Å²) < 4.78 is 21.6. The highest BCUT2D eigenvalue weighted by molar-refractivity contribution is 5.96.